The van der Waals surface area contributed by atoms with Gasteiger partial charge in [0.2, 0.25) is 0 Å². The van der Waals surface area contributed by atoms with E-state index in [0.29, 0.717) is 0 Å². The van der Waals surface area contributed by atoms with Crippen LogP contribution in [0.5, 0.6) is 0 Å². The average Bonchev–Trinajstić information content (AvgIpc) is 2.88. The molecule has 4 unspecified atom stereocenters. The zero-order valence-electron chi connectivity index (χ0n) is 13.5. The van der Waals surface area contributed by atoms with Gasteiger partial charge in [0, 0.05) is 18.6 Å². The molecule has 2 rings (SSSR count). The molecule has 1 heterocycles. The highest BCUT2D eigenvalue weighted by atomic mass is 15.2. The van der Waals surface area contributed by atoms with Gasteiger partial charge in [-0.15, -0.1) is 0 Å². The molecule has 1 saturated heterocycles. The molecular formula is C17H34N2. The van der Waals surface area contributed by atoms with Crippen molar-refractivity contribution in [3.05, 3.63) is 0 Å². The SMILES string of the molecule is CC(C)C(CNC1CCCC(C)C1C)N1CCCC1. The summed E-state index contributed by atoms with van der Waals surface area (Å²) in [6.07, 6.45) is 7.04. The van der Waals surface area contributed by atoms with Gasteiger partial charge in [-0.3, -0.25) is 4.90 Å². The topological polar surface area (TPSA) is 15.3 Å². The number of hydrogen-bond donors (Lipinski definition) is 1. The molecule has 0 aromatic carbocycles. The van der Waals surface area contributed by atoms with Crippen LogP contribution in [-0.4, -0.2) is 36.6 Å². The summed E-state index contributed by atoms with van der Waals surface area (Å²) in [7, 11) is 0. The lowest BCUT2D eigenvalue weighted by molar-refractivity contribution is 0.155. The van der Waals surface area contributed by atoms with E-state index in [9.17, 15) is 0 Å². The van der Waals surface area contributed by atoms with Crippen molar-refractivity contribution >= 4 is 0 Å². The molecule has 1 aliphatic heterocycles. The summed E-state index contributed by atoms with van der Waals surface area (Å²) >= 11 is 0. The average molecular weight is 266 g/mol. The predicted molar refractivity (Wildman–Crippen MR) is 83.4 cm³/mol. The maximum absolute atomic E-state index is 3.92. The van der Waals surface area contributed by atoms with Gasteiger partial charge in [0.25, 0.3) is 0 Å². The van der Waals surface area contributed by atoms with Gasteiger partial charge < -0.3 is 5.32 Å². The van der Waals surface area contributed by atoms with Crippen LogP contribution in [0.1, 0.15) is 59.8 Å². The Balaban J connectivity index is 1.84. The quantitative estimate of drug-likeness (QED) is 0.819. The zero-order valence-corrected chi connectivity index (χ0v) is 13.5. The molecule has 2 fully saturated rings. The van der Waals surface area contributed by atoms with E-state index < -0.39 is 0 Å². The molecule has 1 aliphatic carbocycles. The summed E-state index contributed by atoms with van der Waals surface area (Å²) in [5.41, 5.74) is 0. The summed E-state index contributed by atoms with van der Waals surface area (Å²) in [6.45, 7) is 13.5. The van der Waals surface area contributed by atoms with E-state index in [-0.39, 0.29) is 0 Å². The Kier molecular flexibility index (Phi) is 5.70. The van der Waals surface area contributed by atoms with Gasteiger partial charge in [-0.2, -0.15) is 0 Å². The highest BCUT2D eigenvalue weighted by Crippen LogP contribution is 2.29. The third kappa shape index (κ3) is 3.95. The van der Waals surface area contributed by atoms with Crippen LogP contribution in [0.25, 0.3) is 0 Å². The fourth-order valence-electron chi connectivity index (χ4n) is 4.00. The molecule has 0 radical (unpaired) electrons. The predicted octanol–water partition coefficient (Wildman–Crippen LogP) is 3.52. The lowest BCUT2D eigenvalue weighted by Crippen LogP contribution is -2.49. The first-order valence-corrected chi connectivity index (χ1v) is 8.57. The Morgan fingerprint density at radius 2 is 1.74 bits per heavy atom. The third-order valence-electron chi connectivity index (χ3n) is 5.68. The molecule has 1 N–H and O–H groups in total. The zero-order chi connectivity index (χ0) is 13.8. The van der Waals surface area contributed by atoms with E-state index in [1.807, 2.05) is 0 Å². The Morgan fingerprint density at radius 1 is 1.05 bits per heavy atom. The minimum Gasteiger partial charge on any atom is -0.312 e. The van der Waals surface area contributed by atoms with Crippen LogP contribution < -0.4 is 5.32 Å². The maximum Gasteiger partial charge on any atom is 0.0243 e. The molecule has 0 bridgehead atoms. The van der Waals surface area contributed by atoms with E-state index in [1.54, 1.807) is 0 Å². The molecule has 1 saturated carbocycles. The second-order valence-electron chi connectivity index (χ2n) is 7.34. The number of likely N-dealkylation sites (tertiary alicyclic amines) is 1. The molecular weight excluding hydrogens is 232 g/mol. The summed E-state index contributed by atoms with van der Waals surface area (Å²) in [5, 5.41) is 3.92. The van der Waals surface area contributed by atoms with Crippen molar-refractivity contribution in [3.63, 3.8) is 0 Å². The van der Waals surface area contributed by atoms with Gasteiger partial charge in [-0.1, -0.05) is 40.5 Å². The molecule has 19 heavy (non-hydrogen) atoms. The first kappa shape index (κ1) is 15.3. The molecule has 2 aliphatic rings. The Hall–Kier alpha value is -0.0800. The minimum atomic E-state index is 0.743. The number of nitrogens with zero attached hydrogens (tertiary/aromatic N) is 1. The van der Waals surface area contributed by atoms with Crippen LogP contribution >= 0.6 is 0 Å². The largest absolute Gasteiger partial charge is 0.312 e. The number of hydrogen-bond acceptors (Lipinski definition) is 2. The van der Waals surface area contributed by atoms with Gasteiger partial charge in [-0.25, -0.2) is 0 Å². The second kappa shape index (κ2) is 7.08. The van der Waals surface area contributed by atoms with E-state index in [0.717, 1.165) is 29.8 Å². The summed E-state index contributed by atoms with van der Waals surface area (Å²) in [4.78, 5) is 2.72. The molecule has 0 spiro atoms. The summed E-state index contributed by atoms with van der Waals surface area (Å²) < 4.78 is 0. The Morgan fingerprint density at radius 3 is 2.37 bits per heavy atom. The lowest BCUT2D eigenvalue weighted by atomic mass is 9.78. The van der Waals surface area contributed by atoms with Crippen molar-refractivity contribution in [2.24, 2.45) is 17.8 Å². The van der Waals surface area contributed by atoms with Gasteiger partial charge in [0.1, 0.15) is 0 Å². The van der Waals surface area contributed by atoms with Gasteiger partial charge >= 0.3 is 0 Å². The normalized spacial score (nSPS) is 34.9. The van der Waals surface area contributed by atoms with Crippen molar-refractivity contribution in [2.75, 3.05) is 19.6 Å². The van der Waals surface area contributed by atoms with Crippen LogP contribution in [0.4, 0.5) is 0 Å². The van der Waals surface area contributed by atoms with E-state index in [1.165, 1.54) is 51.7 Å². The van der Waals surface area contributed by atoms with Crippen LogP contribution in [0.2, 0.25) is 0 Å². The first-order valence-electron chi connectivity index (χ1n) is 8.57. The minimum absolute atomic E-state index is 0.743. The standard InChI is InChI=1S/C17H34N2/c1-13(2)17(19-10-5-6-11-19)12-18-16-9-7-8-14(3)15(16)4/h13-18H,5-12H2,1-4H3. The lowest BCUT2D eigenvalue weighted by Gasteiger charge is -2.38. The maximum atomic E-state index is 3.92. The van der Waals surface area contributed by atoms with Crippen molar-refractivity contribution in [2.45, 2.75) is 71.9 Å². The van der Waals surface area contributed by atoms with Gasteiger partial charge in [0.15, 0.2) is 0 Å². The van der Waals surface area contributed by atoms with Crippen molar-refractivity contribution in [1.82, 2.24) is 10.2 Å². The molecule has 4 atom stereocenters. The number of rotatable bonds is 5. The molecule has 112 valence electrons. The van der Waals surface area contributed by atoms with Crippen molar-refractivity contribution in [3.8, 4) is 0 Å². The molecule has 2 nitrogen and oxygen atoms in total. The smallest absolute Gasteiger partial charge is 0.0243 e. The van der Waals surface area contributed by atoms with Crippen LogP contribution in [-0.2, 0) is 0 Å². The fraction of sp³-hybridized carbons (Fsp3) is 1.00. The van der Waals surface area contributed by atoms with Crippen molar-refractivity contribution < 1.29 is 0 Å². The summed E-state index contributed by atoms with van der Waals surface area (Å²) in [5.74, 6) is 2.51. The second-order valence-corrected chi connectivity index (χ2v) is 7.34. The highest BCUT2D eigenvalue weighted by Gasteiger charge is 2.29. The molecule has 0 aromatic rings. The molecule has 0 amide bonds. The Bertz CT molecular complexity index is 258. The monoisotopic (exact) mass is 266 g/mol. The van der Waals surface area contributed by atoms with Crippen molar-refractivity contribution in [1.29, 1.82) is 0 Å². The molecule has 2 heteroatoms. The van der Waals surface area contributed by atoms with E-state index >= 15 is 0 Å². The van der Waals surface area contributed by atoms with E-state index in [4.69, 9.17) is 0 Å². The molecule has 0 aromatic heterocycles. The third-order valence-corrected chi connectivity index (χ3v) is 5.68. The van der Waals surface area contributed by atoms with Crippen LogP contribution in [0, 0.1) is 17.8 Å². The Labute approximate surface area is 120 Å². The van der Waals surface area contributed by atoms with E-state index in [2.05, 4.69) is 37.9 Å². The van der Waals surface area contributed by atoms with Crippen LogP contribution in [0.3, 0.4) is 0 Å². The number of nitrogens with one attached hydrogen (secondary N) is 1. The van der Waals surface area contributed by atoms with Gasteiger partial charge in [-0.05, 0) is 50.1 Å². The summed E-state index contributed by atoms with van der Waals surface area (Å²) in [6, 6.07) is 1.50. The first-order chi connectivity index (χ1) is 9.09. The highest BCUT2D eigenvalue weighted by molar-refractivity contribution is 4.86. The fourth-order valence-corrected chi connectivity index (χ4v) is 4.00. The van der Waals surface area contributed by atoms with Crippen LogP contribution in [0.15, 0.2) is 0 Å². The van der Waals surface area contributed by atoms with Gasteiger partial charge in [0.05, 0.1) is 0 Å².